The Labute approximate surface area is 143 Å². The number of anilines is 1. The molecule has 130 valence electrons. The third kappa shape index (κ3) is 4.33. The van der Waals surface area contributed by atoms with Crippen molar-refractivity contribution in [2.45, 2.75) is 12.8 Å². The molecule has 6 nitrogen and oxygen atoms in total. The molecular formula is C18H27N5O. The van der Waals surface area contributed by atoms with Crippen LogP contribution < -0.4 is 10.1 Å². The summed E-state index contributed by atoms with van der Waals surface area (Å²) in [4.78, 5) is 13.7. The summed E-state index contributed by atoms with van der Waals surface area (Å²) in [6, 6.07) is 5.88. The maximum absolute atomic E-state index is 5.30. The van der Waals surface area contributed by atoms with Crippen LogP contribution in [-0.4, -0.2) is 73.2 Å². The van der Waals surface area contributed by atoms with E-state index in [0.717, 1.165) is 35.4 Å². The zero-order valence-corrected chi connectivity index (χ0v) is 14.7. The Hall–Kier alpha value is -1.92. The molecule has 2 aromatic rings. The average molecular weight is 329 g/mol. The van der Waals surface area contributed by atoms with Crippen LogP contribution in [-0.2, 0) is 0 Å². The maximum Gasteiger partial charge on any atom is 0.137 e. The molecule has 1 fully saturated rings. The highest BCUT2D eigenvalue weighted by molar-refractivity contribution is 5.89. The van der Waals surface area contributed by atoms with Crippen molar-refractivity contribution in [1.29, 1.82) is 0 Å². The van der Waals surface area contributed by atoms with Gasteiger partial charge in [-0.1, -0.05) is 0 Å². The summed E-state index contributed by atoms with van der Waals surface area (Å²) in [5, 5.41) is 4.46. The number of likely N-dealkylation sites (N-methyl/N-ethyl adjacent to an activating group) is 1. The van der Waals surface area contributed by atoms with Gasteiger partial charge in [-0.3, -0.25) is 0 Å². The van der Waals surface area contributed by atoms with E-state index in [0.29, 0.717) is 0 Å². The Bertz CT molecular complexity index is 655. The lowest BCUT2D eigenvalue weighted by molar-refractivity contribution is 0.152. The summed E-state index contributed by atoms with van der Waals surface area (Å²) < 4.78 is 5.30. The molecule has 0 atom stereocenters. The summed E-state index contributed by atoms with van der Waals surface area (Å²) in [7, 11) is 3.87. The van der Waals surface area contributed by atoms with E-state index < -0.39 is 0 Å². The van der Waals surface area contributed by atoms with Gasteiger partial charge in [-0.2, -0.15) is 0 Å². The molecular weight excluding hydrogens is 302 g/mol. The van der Waals surface area contributed by atoms with E-state index in [1.165, 1.54) is 39.1 Å². The van der Waals surface area contributed by atoms with E-state index in [1.807, 2.05) is 18.2 Å². The SMILES string of the molecule is COc1ccc2ncnc(NCCCCN3CCN(C)CC3)c2c1. The van der Waals surface area contributed by atoms with Crippen molar-refractivity contribution in [1.82, 2.24) is 19.8 Å². The van der Waals surface area contributed by atoms with E-state index in [4.69, 9.17) is 4.74 Å². The number of aromatic nitrogens is 2. The summed E-state index contributed by atoms with van der Waals surface area (Å²) >= 11 is 0. The summed E-state index contributed by atoms with van der Waals surface area (Å²) in [5.74, 6) is 1.72. The van der Waals surface area contributed by atoms with E-state index >= 15 is 0 Å². The zero-order valence-electron chi connectivity index (χ0n) is 14.7. The minimum Gasteiger partial charge on any atom is -0.497 e. The fraction of sp³-hybridized carbons (Fsp3) is 0.556. The molecule has 2 heterocycles. The highest BCUT2D eigenvalue weighted by Gasteiger charge is 2.12. The highest BCUT2D eigenvalue weighted by atomic mass is 16.5. The fourth-order valence-corrected chi connectivity index (χ4v) is 3.04. The van der Waals surface area contributed by atoms with Gasteiger partial charge in [0.1, 0.15) is 17.9 Å². The molecule has 0 radical (unpaired) electrons. The number of methoxy groups -OCH3 is 1. The molecule has 0 spiro atoms. The number of ether oxygens (including phenoxy) is 1. The Morgan fingerprint density at radius 3 is 2.75 bits per heavy atom. The smallest absolute Gasteiger partial charge is 0.137 e. The van der Waals surface area contributed by atoms with Gasteiger partial charge in [-0.05, 0) is 44.6 Å². The third-order valence-corrected chi connectivity index (χ3v) is 4.63. The van der Waals surface area contributed by atoms with Crippen molar-refractivity contribution in [2.75, 3.05) is 58.7 Å². The van der Waals surface area contributed by atoms with Gasteiger partial charge in [0, 0.05) is 38.1 Å². The van der Waals surface area contributed by atoms with Gasteiger partial charge >= 0.3 is 0 Å². The number of nitrogens with zero attached hydrogens (tertiary/aromatic N) is 4. The number of hydrogen-bond donors (Lipinski definition) is 1. The molecule has 1 aromatic heterocycles. The first kappa shape index (κ1) is 16.9. The lowest BCUT2D eigenvalue weighted by Gasteiger charge is -2.32. The molecule has 0 saturated carbocycles. The van der Waals surface area contributed by atoms with Gasteiger partial charge in [-0.25, -0.2) is 9.97 Å². The first-order valence-electron chi connectivity index (χ1n) is 8.70. The Morgan fingerprint density at radius 1 is 1.12 bits per heavy atom. The standard InChI is InChI=1S/C18H27N5O/c1-22-9-11-23(12-10-22)8-4-3-7-19-18-16-13-15(24-2)5-6-17(16)20-14-21-18/h5-6,13-14H,3-4,7-12H2,1-2H3,(H,19,20,21). The topological polar surface area (TPSA) is 53.5 Å². The quantitative estimate of drug-likeness (QED) is 0.785. The van der Waals surface area contributed by atoms with Gasteiger partial charge in [-0.15, -0.1) is 0 Å². The minimum atomic E-state index is 0.829. The first-order chi connectivity index (χ1) is 11.8. The Morgan fingerprint density at radius 2 is 1.96 bits per heavy atom. The van der Waals surface area contributed by atoms with Crippen LogP contribution in [0, 0.1) is 0 Å². The Balaban J connectivity index is 1.47. The summed E-state index contributed by atoms with van der Waals surface area (Å²) in [6.45, 7) is 6.88. The van der Waals surface area contributed by atoms with Crippen LogP contribution in [0.1, 0.15) is 12.8 Å². The van der Waals surface area contributed by atoms with E-state index in [1.54, 1.807) is 13.4 Å². The van der Waals surface area contributed by atoms with Crippen LogP contribution in [0.4, 0.5) is 5.82 Å². The maximum atomic E-state index is 5.30. The Kier molecular flexibility index (Phi) is 5.82. The molecule has 24 heavy (non-hydrogen) atoms. The van der Waals surface area contributed by atoms with Crippen LogP contribution in [0.3, 0.4) is 0 Å². The van der Waals surface area contributed by atoms with Crippen LogP contribution in [0.5, 0.6) is 5.75 Å². The second-order valence-electron chi connectivity index (χ2n) is 6.38. The van der Waals surface area contributed by atoms with Gasteiger partial charge in [0.2, 0.25) is 0 Å². The van der Waals surface area contributed by atoms with Crippen LogP contribution in [0.25, 0.3) is 10.9 Å². The molecule has 1 saturated heterocycles. The molecule has 1 aromatic carbocycles. The predicted octanol–water partition coefficient (Wildman–Crippen LogP) is 2.08. The molecule has 0 unspecified atom stereocenters. The molecule has 6 heteroatoms. The zero-order chi connectivity index (χ0) is 16.8. The number of hydrogen-bond acceptors (Lipinski definition) is 6. The number of nitrogens with one attached hydrogen (secondary N) is 1. The van der Waals surface area contributed by atoms with Gasteiger partial charge < -0.3 is 19.9 Å². The van der Waals surface area contributed by atoms with Crippen LogP contribution >= 0.6 is 0 Å². The molecule has 3 rings (SSSR count). The summed E-state index contributed by atoms with van der Waals surface area (Å²) in [6.07, 6.45) is 3.96. The number of rotatable bonds is 7. The fourth-order valence-electron chi connectivity index (χ4n) is 3.04. The van der Waals surface area contributed by atoms with Crippen molar-refractivity contribution < 1.29 is 4.74 Å². The third-order valence-electron chi connectivity index (χ3n) is 4.63. The summed E-state index contributed by atoms with van der Waals surface area (Å²) in [5.41, 5.74) is 0.936. The highest BCUT2D eigenvalue weighted by Crippen LogP contribution is 2.24. The van der Waals surface area contributed by atoms with Gasteiger partial charge in [0.15, 0.2) is 0 Å². The normalized spacial score (nSPS) is 16.4. The molecule has 0 amide bonds. The van der Waals surface area contributed by atoms with Crippen molar-refractivity contribution in [3.05, 3.63) is 24.5 Å². The van der Waals surface area contributed by atoms with Crippen LogP contribution in [0.15, 0.2) is 24.5 Å². The van der Waals surface area contributed by atoms with Gasteiger partial charge in [0.05, 0.1) is 12.6 Å². The van der Waals surface area contributed by atoms with E-state index in [2.05, 4.69) is 32.1 Å². The largest absolute Gasteiger partial charge is 0.497 e. The minimum absolute atomic E-state index is 0.829. The van der Waals surface area contributed by atoms with Crippen molar-refractivity contribution >= 4 is 16.7 Å². The second-order valence-corrected chi connectivity index (χ2v) is 6.38. The lowest BCUT2D eigenvalue weighted by atomic mass is 10.2. The number of unbranched alkanes of at least 4 members (excludes halogenated alkanes) is 1. The number of piperazine rings is 1. The van der Waals surface area contributed by atoms with E-state index in [9.17, 15) is 0 Å². The molecule has 1 N–H and O–H groups in total. The average Bonchev–Trinajstić information content (AvgIpc) is 2.62. The monoisotopic (exact) mass is 329 g/mol. The molecule has 0 bridgehead atoms. The molecule has 1 aliphatic heterocycles. The van der Waals surface area contributed by atoms with E-state index in [-0.39, 0.29) is 0 Å². The molecule has 0 aliphatic carbocycles. The van der Waals surface area contributed by atoms with Crippen LogP contribution in [0.2, 0.25) is 0 Å². The number of fused-ring (bicyclic) bond motifs is 1. The van der Waals surface area contributed by atoms with Gasteiger partial charge in [0.25, 0.3) is 0 Å². The second kappa shape index (κ2) is 8.26. The number of benzene rings is 1. The van der Waals surface area contributed by atoms with Crippen molar-refractivity contribution in [3.8, 4) is 5.75 Å². The van der Waals surface area contributed by atoms with Crippen molar-refractivity contribution in [2.24, 2.45) is 0 Å². The first-order valence-corrected chi connectivity index (χ1v) is 8.70. The lowest BCUT2D eigenvalue weighted by Crippen LogP contribution is -2.44. The predicted molar refractivity (Wildman–Crippen MR) is 97.8 cm³/mol. The molecule has 1 aliphatic rings. The van der Waals surface area contributed by atoms with Crippen molar-refractivity contribution in [3.63, 3.8) is 0 Å².